The highest BCUT2D eigenvalue weighted by atomic mass is 14.4. The van der Waals surface area contributed by atoms with Gasteiger partial charge in [0.2, 0.25) is 0 Å². The Balaban J connectivity index is 2.26. The zero-order valence-electron chi connectivity index (χ0n) is 10.5. The first-order chi connectivity index (χ1) is 7.03. The van der Waals surface area contributed by atoms with Crippen LogP contribution in [0.4, 0.5) is 0 Å². The van der Waals surface area contributed by atoms with Crippen LogP contribution in [0.3, 0.4) is 0 Å². The molecule has 0 N–H and O–H groups in total. The Morgan fingerprint density at radius 3 is 2.80 bits per heavy atom. The van der Waals surface area contributed by atoms with Gasteiger partial charge in [0.1, 0.15) is 0 Å². The molecule has 0 aromatic carbocycles. The van der Waals surface area contributed by atoms with Crippen molar-refractivity contribution in [3.8, 4) is 0 Å². The largest absolute Gasteiger partial charge is 0.0998 e. The number of allylic oxidation sites excluding steroid dienone is 3. The molecule has 2 aliphatic rings. The molecule has 1 fully saturated rings. The van der Waals surface area contributed by atoms with E-state index in [0.717, 1.165) is 5.92 Å². The van der Waals surface area contributed by atoms with Gasteiger partial charge < -0.3 is 0 Å². The lowest BCUT2D eigenvalue weighted by Crippen LogP contribution is -2.30. The van der Waals surface area contributed by atoms with Crippen molar-refractivity contribution in [2.45, 2.75) is 59.3 Å². The van der Waals surface area contributed by atoms with E-state index in [1.807, 2.05) is 0 Å². The van der Waals surface area contributed by atoms with Crippen LogP contribution in [0, 0.1) is 11.3 Å². The van der Waals surface area contributed by atoms with Crippen LogP contribution in [0.15, 0.2) is 23.3 Å². The summed E-state index contributed by atoms with van der Waals surface area (Å²) in [5.74, 6) is 0.765. The molecule has 0 aliphatic heterocycles. The molecule has 0 heteroatoms. The van der Waals surface area contributed by atoms with Crippen LogP contribution < -0.4 is 0 Å². The van der Waals surface area contributed by atoms with Crippen molar-refractivity contribution in [1.29, 1.82) is 0 Å². The third kappa shape index (κ3) is 1.91. The van der Waals surface area contributed by atoms with Gasteiger partial charge in [-0.2, -0.15) is 0 Å². The predicted octanol–water partition coefficient (Wildman–Crippen LogP) is 4.87. The minimum Gasteiger partial charge on any atom is -0.0998 e. The van der Waals surface area contributed by atoms with Crippen molar-refractivity contribution in [1.82, 2.24) is 0 Å². The van der Waals surface area contributed by atoms with E-state index in [1.54, 1.807) is 11.1 Å². The smallest absolute Gasteiger partial charge is 0.0113 e. The second-order valence-corrected chi connectivity index (χ2v) is 5.96. The molecule has 2 atom stereocenters. The van der Waals surface area contributed by atoms with E-state index < -0.39 is 0 Å². The van der Waals surface area contributed by atoms with Gasteiger partial charge in [-0.1, -0.05) is 30.2 Å². The van der Waals surface area contributed by atoms with Crippen LogP contribution in [-0.2, 0) is 0 Å². The van der Waals surface area contributed by atoms with Crippen LogP contribution in [0.5, 0.6) is 0 Å². The molecule has 0 radical (unpaired) electrons. The van der Waals surface area contributed by atoms with E-state index in [4.69, 9.17) is 0 Å². The van der Waals surface area contributed by atoms with Gasteiger partial charge in [0, 0.05) is 0 Å². The van der Waals surface area contributed by atoms with Crippen LogP contribution >= 0.6 is 0 Å². The summed E-state index contributed by atoms with van der Waals surface area (Å²) in [6, 6.07) is 0. The number of hydrogen-bond acceptors (Lipinski definition) is 0. The lowest BCUT2D eigenvalue weighted by Gasteiger charge is -2.44. The van der Waals surface area contributed by atoms with E-state index in [9.17, 15) is 0 Å². The lowest BCUT2D eigenvalue weighted by atomic mass is 9.61. The van der Waals surface area contributed by atoms with Crippen molar-refractivity contribution in [3.05, 3.63) is 23.3 Å². The molecule has 2 rings (SSSR count). The molecule has 0 aromatic heterocycles. The molecular weight excluding hydrogens is 180 g/mol. The highest BCUT2D eigenvalue weighted by Gasteiger charge is 2.37. The van der Waals surface area contributed by atoms with Gasteiger partial charge in [-0.25, -0.2) is 0 Å². The molecule has 0 saturated heterocycles. The normalized spacial score (nSPS) is 36.3. The molecular formula is C15H24. The molecule has 0 nitrogen and oxygen atoms in total. The van der Waals surface area contributed by atoms with E-state index in [1.165, 1.54) is 44.1 Å². The average Bonchev–Trinajstić information content (AvgIpc) is 2.17. The fourth-order valence-corrected chi connectivity index (χ4v) is 3.52. The van der Waals surface area contributed by atoms with Crippen molar-refractivity contribution >= 4 is 0 Å². The first-order valence-electron chi connectivity index (χ1n) is 6.37. The lowest BCUT2D eigenvalue weighted by molar-refractivity contribution is 0.229. The van der Waals surface area contributed by atoms with Gasteiger partial charge in [0.25, 0.3) is 0 Å². The quantitative estimate of drug-likeness (QED) is 0.535. The summed E-state index contributed by atoms with van der Waals surface area (Å²) in [4.78, 5) is 0. The van der Waals surface area contributed by atoms with Gasteiger partial charge in [0.05, 0.1) is 0 Å². The standard InChI is InChI=1S/C15H24/c1-11(2)13-7-9-15(4)8-5-6-12(3)14(15)10-13/h13H,1,5-10H2,2-4H3. The molecule has 2 unspecified atom stereocenters. The van der Waals surface area contributed by atoms with Gasteiger partial charge in [-0.3, -0.25) is 0 Å². The highest BCUT2D eigenvalue weighted by molar-refractivity contribution is 5.27. The van der Waals surface area contributed by atoms with Crippen LogP contribution in [0.25, 0.3) is 0 Å². The Bertz CT molecular complexity index is 308. The van der Waals surface area contributed by atoms with E-state index in [2.05, 4.69) is 27.4 Å². The summed E-state index contributed by atoms with van der Waals surface area (Å²) >= 11 is 0. The third-order valence-corrected chi connectivity index (χ3v) is 4.72. The van der Waals surface area contributed by atoms with Crippen LogP contribution in [0.2, 0.25) is 0 Å². The minimum atomic E-state index is 0.550. The van der Waals surface area contributed by atoms with E-state index >= 15 is 0 Å². The molecule has 0 heterocycles. The predicted molar refractivity (Wildman–Crippen MR) is 66.8 cm³/mol. The second kappa shape index (κ2) is 3.81. The van der Waals surface area contributed by atoms with Crippen LogP contribution in [-0.4, -0.2) is 0 Å². The van der Waals surface area contributed by atoms with Crippen molar-refractivity contribution in [2.24, 2.45) is 11.3 Å². The molecule has 0 bridgehead atoms. The number of hydrogen-bond donors (Lipinski definition) is 0. The Hall–Kier alpha value is -0.520. The van der Waals surface area contributed by atoms with Gasteiger partial charge >= 0.3 is 0 Å². The maximum atomic E-state index is 4.14. The SMILES string of the molecule is C=C(C)C1CCC2(C)CCCC(C)=C2C1. The fourth-order valence-electron chi connectivity index (χ4n) is 3.52. The average molecular weight is 204 g/mol. The fraction of sp³-hybridized carbons (Fsp3) is 0.733. The summed E-state index contributed by atoms with van der Waals surface area (Å²) in [5.41, 5.74) is 5.42. The van der Waals surface area contributed by atoms with Gasteiger partial charge in [-0.05, 0) is 63.7 Å². The van der Waals surface area contributed by atoms with Crippen LogP contribution in [0.1, 0.15) is 59.3 Å². The molecule has 1 saturated carbocycles. The van der Waals surface area contributed by atoms with Gasteiger partial charge in [0.15, 0.2) is 0 Å². The summed E-state index contributed by atoms with van der Waals surface area (Å²) < 4.78 is 0. The first kappa shape index (κ1) is 11.0. The summed E-state index contributed by atoms with van der Waals surface area (Å²) in [6.07, 6.45) is 8.22. The summed E-state index contributed by atoms with van der Waals surface area (Å²) in [6.45, 7) is 11.2. The van der Waals surface area contributed by atoms with Crippen molar-refractivity contribution in [2.75, 3.05) is 0 Å². The molecule has 2 aliphatic carbocycles. The molecule has 0 aromatic rings. The first-order valence-corrected chi connectivity index (χ1v) is 6.37. The van der Waals surface area contributed by atoms with E-state index in [0.29, 0.717) is 5.41 Å². The Kier molecular flexibility index (Phi) is 2.79. The summed E-state index contributed by atoms with van der Waals surface area (Å²) in [5, 5.41) is 0. The zero-order valence-corrected chi connectivity index (χ0v) is 10.5. The molecule has 0 spiro atoms. The molecule has 0 amide bonds. The molecule has 15 heavy (non-hydrogen) atoms. The second-order valence-electron chi connectivity index (χ2n) is 5.96. The zero-order chi connectivity index (χ0) is 11.1. The van der Waals surface area contributed by atoms with Crippen molar-refractivity contribution in [3.63, 3.8) is 0 Å². The maximum Gasteiger partial charge on any atom is -0.0113 e. The Labute approximate surface area is 94.5 Å². The summed E-state index contributed by atoms with van der Waals surface area (Å²) in [7, 11) is 0. The maximum absolute atomic E-state index is 4.14. The number of rotatable bonds is 1. The monoisotopic (exact) mass is 204 g/mol. The van der Waals surface area contributed by atoms with Crippen molar-refractivity contribution < 1.29 is 0 Å². The third-order valence-electron chi connectivity index (χ3n) is 4.72. The molecule has 84 valence electrons. The Morgan fingerprint density at radius 1 is 1.40 bits per heavy atom. The topological polar surface area (TPSA) is 0 Å². The Morgan fingerprint density at radius 2 is 2.13 bits per heavy atom. The van der Waals surface area contributed by atoms with Gasteiger partial charge in [-0.15, -0.1) is 0 Å². The van der Waals surface area contributed by atoms with E-state index in [-0.39, 0.29) is 0 Å². The minimum absolute atomic E-state index is 0.550. The highest BCUT2D eigenvalue weighted by Crippen LogP contribution is 2.51. The number of fused-ring (bicyclic) bond motifs is 1.